The van der Waals surface area contributed by atoms with Gasteiger partial charge in [-0.1, -0.05) is 45.4 Å². The summed E-state index contributed by atoms with van der Waals surface area (Å²) >= 11 is 0. The molecule has 0 aromatic rings. The lowest BCUT2D eigenvalue weighted by molar-refractivity contribution is 0.0467. The second-order valence-corrected chi connectivity index (χ2v) is 13.0. The fraction of sp³-hybridized carbons (Fsp3) is 0.789. The molecule has 0 heterocycles. The number of rotatable bonds is 8. The minimum absolute atomic E-state index is 0.00284. The lowest BCUT2D eigenvalue weighted by Gasteiger charge is -2.42. The topological polar surface area (TPSA) is 49.7 Å². The summed E-state index contributed by atoms with van der Waals surface area (Å²) in [6, 6.07) is 0. The van der Waals surface area contributed by atoms with Crippen molar-refractivity contribution in [1.82, 2.24) is 0 Å². The van der Waals surface area contributed by atoms with Gasteiger partial charge < -0.3 is 14.6 Å². The Morgan fingerprint density at radius 2 is 1.74 bits per heavy atom. The van der Waals surface area contributed by atoms with E-state index in [4.69, 9.17) is 9.53 Å². The zero-order valence-electron chi connectivity index (χ0n) is 16.6. The lowest BCUT2D eigenvalue weighted by Crippen LogP contribution is -2.47. The summed E-state index contributed by atoms with van der Waals surface area (Å²) in [5.74, 6) is 0.00284. The third kappa shape index (κ3) is 6.92. The largest absolute Gasteiger partial charge is 0.410 e. The molecule has 0 aliphatic carbocycles. The molecule has 0 aromatic heterocycles. The Morgan fingerprint density at radius 1 is 1.22 bits per heavy atom. The summed E-state index contributed by atoms with van der Waals surface area (Å²) in [5.41, 5.74) is 2.06. The highest BCUT2D eigenvalue weighted by atomic mass is 28.4. The molecule has 2 N–H and O–H groups in total. The number of aliphatic hydroxyl groups excluding tert-OH is 2. The Labute approximate surface area is 144 Å². The fourth-order valence-corrected chi connectivity index (χ4v) is 3.47. The van der Waals surface area contributed by atoms with Gasteiger partial charge in [0.2, 0.25) is 0 Å². The Balaban J connectivity index is 5.26. The van der Waals surface area contributed by atoms with E-state index in [1.165, 1.54) is 5.57 Å². The van der Waals surface area contributed by atoms with Crippen LogP contribution in [0, 0.1) is 5.92 Å². The third-order valence-corrected chi connectivity index (χ3v) is 9.63. The number of hydrogen-bond acceptors (Lipinski definition) is 3. The molecule has 0 aliphatic rings. The van der Waals surface area contributed by atoms with E-state index in [0.29, 0.717) is 6.42 Å². The Kier molecular flexibility index (Phi) is 8.99. The number of hydrogen-bond donors (Lipinski definition) is 2. The molecule has 0 spiro atoms. The van der Waals surface area contributed by atoms with Crippen molar-refractivity contribution in [3.63, 3.8) is 0 Å². The molecular weight excluding hydrogens is 304 g/mol. The highest BCUT2D eigenvalue weighted by molar-refractivity contribution is 6.74. The van der Waals surface area contributed by atoms with Crippen LogP contribution in [0.1, 0.15) is 54.9 Å². The van der Waals surface area contributed by atoms with Gasteiger partial charge in [-0.05, 0) is 50.9 Å². The second kappa shape index (κ2) is 9.16. The summed E-state index contributed by atoms with van der Waals surface area (Å²) in [6.07, 6.45) is 3.98. The highest BCUT2D eigenvalue weighted by Gasteiger charge is 2.41. The van der Waals surface area contributed by atoms with E-state index in [0.717, 1.165) is 5.57 Å². The van der Waals surface area contributed by atoms with E-state index in [1.54, 1.807) is 0 Å². The van der Waals surface area contributed by atoms with Crippen LogP contribution < -0.4 is 0 Å². The van der Waals surface area contributed by atoms with Gasteiger partial charge in [-0.2, -0.15) is 0 Å². The van der Waals surface area contributed by atoms with Crippen molar-refractivity contribution in [2.45, 2.75) is 85.2 Å². The molecule has 0 radical (unpaired) electrons. The molecule has 4 heteroatoms. The summed E-state index contributed by atoms with van der Waals surface area (Å²) in [7, 11) is -1.91. The first kappa shape index (κ1) is 22.6. The number of aliphatic hydroxyl groups is 2. The van der Waals surface area contributed by atoms with Gasteiger partial charge >= 0.3 is 0 Å². The van der Waals surface area contributed by atoms with Gasteiger partial charge in [-0.25, -0.2) is 0 Å². The number of allylic oxidation sites excluding steroid dienone is 1. The average molecular weight is 343 g/mol. The van der Waals surface area contributed by atoms with Gasteiger partial charge in [0.1, 0.15) is 0 Å². The van der Waals surface area contributed by atoms with Crippen LogP contribution >= 0.6 is 0 Å². The second-order valence-electron chi connectivity index (χ2n) is 8.20. The molecule has 3 nitrogen and oxygen atoms in total. The monoisotopic (exact) mass is 342 g/mol. The molecular formula is C19H38O3Si. The van der Waals surface area contributed by atoms with E-state index in [-0.39, 0.29) is 23.7 Å². The van der Waals surface area contributed by atoms with Crippen molar-refractivity contribution < 1.29 is 14.6 Å². The highest BCUT2D eigenvalue weighted by Crippen LogP contribution is 2.39. The molecule has 23 heavy (non-hydrogen) atoms. The summed E-state index contributed by atoms with van der Waals surface area (Å²) < 4.78 is 6.61. The van der Waals surface area contributed by atoms with E-state index in [2.05, 4.69) is 53.8 Å². The molecule has 0 aliphatic heterocycles. The quantitative estimate of drug-likeness (QED) is 0.498. The molecule has 0 saturated carbocycles. The van der Waals surface area contributed by atoms with Crippen molar-refractivity contribution in [2.75, 3.05) is 6.61 Å². The first-order valence-electron chi connectivity index (χ1n) is 8.62. The maximum Gasteiger partial charge on any atom is 0.192 e. The van der Waals surface area contributed by atoms with E-state index >= 15 is 0 Å². The van der Waals surface area contributed by atoms with Crippen molar-refractivity contribution in [3.05, 3.63) is 23.3 Å². The zero-order valence-corrected chi connectivity index (χ0v) is 17.6. The smallest absolute Gasteiger partial charge is 0.192 e. The van der Waals surface area contributed by atoms with E-state index in [9.17, 15) is 5.11 Å². The molecule has 136 valence electrons. The van der Waals surface area contributed by atoms with Gasteiger partial charge in [0.15, 0.2) is 8.32 Å². The lowest BCUT2D eigenvalue weighted by atomic mass is 9.91. The van der Waals surface area contributed by atoms with Gasteiger partial charge in [0, 0.05) is 5.92 Å². The molecule has 0 rings (SSSR count). The summed E-state index contributed by atoms with van der Waals surface area (Å²) in [6.45, 7) is 19.3. The van der Waals surface area contributed by atoms with Crippen molar-refractivity contribution in [1.29, 1.82) is 0 Å². The van der Waals surface area contributed by atoms with Crippen molar-refractivity contribution in [2.24, 2.45) is 5.92 Å². The molecule has 0 saturated heterocycles. The van der Waals surface area contributed by atoms with Crippen LogP contribution in [-0.2, 0) is 4.43 Å². The van der Waals surface area contributed by atoms with Gasteiger partial charge in [0.25, 0.3) is 0 Å². The normalized spacial score (nSPS) is 18.7. The molecule has 0 aromatic carbocycles. The van der Waals surface area contributed by atoms with Crippen LogP contribution in [0.2, 0.25) is 18.1 Å². The van der Waals surface area contributed by atoms with Crippen LogP contribution in [0.3, 0.4) is 0 Å². The van der Waals surface area contributed by atoms with Crippen LogP contribution in [0.5, 0.6) is 0 Å². The predicted molar refractivity (Wildman–Crippen MR) is 102 cm³/mol. The van der Waals surface area contributed by atoms with Gasteiger partial charge in [0.05, 0.1) is 18.8 Å². The van der Waals surface area contributed by atoms with Crippen LogP contribution in [0.15, 0.2) is 23.3 Å². The van der Waals surface area contributed by atoms with Crippen LogP contribution in [-0.4, -0.2) is 37.3 Å². The maximum atomic E-state index is 10.6. The first-order chi connectivity index (χ1) is 10.4. The Hall–Kier alpha value is -0.423. The van der Waals surface area contributed by atoms with E-state index in [1.807, 2.05) is 19.9 Å². The van der Waals surface area contributed by atoms with E-state index < -0.39 is 14.4 Å². The minimum atomic E-state index is -1.91. The molecule has 0 fully saturated rings. The minimum Gasteiger partial charge on any atom is -0.410 e. The Bertz CT molecular complexity index is 419. The maximum absolute atomic E-state index is 10.6. The first-order valence-corrected chi connectivity index (χ1v) is 11.5. The van der Waals surface area contributed by atoms with Crippen molar-refractivity contribution in [3.8, 4) is 0 Å². The zero-order chi connectivity index (χ0) is 18.4. The third-order valence-electron chi connectivity index (χ3n) is 5.17. The van der Waals surface area contributed by atoms with Crippen LogP contribution in [0.4, 0.5) is 0 Å². The average Bonchev–Trinajstić information content (AvgIpc) is 2.47. The molecule has 0 unspecified atom stereocenters. The van der Waals surface area contributed by atoms with Crippen molar-refractivity contribution >= 4 is 8.32 Å². The molecule has 0 amide bonds. The SMILES string of the molecule is C/C=C(\C)[C@@H](O[Si](C)(C)C(C)(C)C)[C@@H](C)[C@@H](O)C/C=C(\C)CO. The Morgan fingerprint density at radius 3 is 2.13 bits per heavy atom. The predicted octanol–water partition coefficient (Wildman–Crippen LogP) is 4.67. The van der Waals surface area contributed by atoms with Gasteiger partial charge in [-0.15, -0.1) is 0 Å². The molecule has 0 bridgehead atoms. The van der Waals surface area contributed by atoms with Crippen LogP contribution in [0.25, 0.3) is 0 Å². The molecule has 3 atom stereocenters. The van der Waals surface area contributed by atoms with Gasteiger partial charge in [-0.3, -0.25) is 0 Å². The fourth-order valence-electron chi connectivity index (χ4n) is 2.08. The summed E-state index contributed by atoms with van der Waals surface area (Å²) in [4.78, 5) is 0. The summed E-state index contributed by atoms with van der Waals surface area (Å²) in [5, 5.41) is 19.8. The standard InChI is InChI=1S/C19H38O3Si/c1-10-15(3)18(22-23(8,9)19(5,6)7)16(4)17(21)12-11-14(2)13-20/h10-11,16-18,20-21H,12-13H2,1-9H3/b14-11+,15-10+/t16-,17-,18+/m0/s1.